The van der Waals surface area contributed by atoms with Gasteiger partial charge in [0.15, 0.2) is 0 Å². The summed E-state index contributed by atoms with van der Waals surface area (Å²) in [6.07, 6.45) is 0. The number of carboxylic acids is 2. The van der Waals surface area contributed by atoms with Crippen molar-refractivity contribution in [3.63, 3.8) is 0 Å². The molecule has 0 aliphatic rings. The van der Waals surface area contributed by atoms with Gasteiger partial charge >= 0.3 is 37.7 Å². The van der Waals surface area contributed by atoms with Crippen molar-refractivity contribution >= 4 is 49.7 Å². The summed E-state index contributed by atoms with van der Waals surface area (Å²) in [6.45, 7) is 2.17. The molecule has 6 heteroatoms. The van der Waals surface area contributed by atoms with E-state index in [-0.39, 0.29) is 57.1 Å². The summed E-state index contributed by atoms with van der Waals surface area (Å²) in [5.74, 6) is -1.67. The second kappa shape index (κ2) is 16.4. The maximum Gasteiger partial charge on any atom is 2.00 e. The van der Waals surface area contributed by atoms with E-state index in [9.17, 15) is 0 Å². The summed E-state index contributed by atoms with van der Waals surface area (Å²) < 4.78 is 0. The van der Waals surface area contributed by atoms with Gasteiger partial charge in [-0.1, -0.05) is 0 Å². The Morgan fingerprint density at radius 1 is 1.10 bits per heavy atom. The quantitative estimate of drug-likeness (QED) is 0.565. The van der Waals surface area contributed by atoms with E-state index in [1.165, 1.54) is 0 Å². The van der Waals surface area contributed by atoms with Crippen LogP contribution >= 0.6 is 0 Å². The molecule has 0 spiro atoms. The maximum atomic E-state index is 9.00. The predicted octanol–water partition coefficient (Wildman–Crippen LogP) is 0.0235. The second-order valence-electron chi connectivity index (χ2n) is 1.04. The van der Waals surface area contributed by atoms with Crippen LogP contribution in [0.1, 0.15) is 16.7 Å². The van der Waals surface area contributed by atoms with Gasteiger partial charge in [0, 0.05) is 30.3 Å². The Morgan fingerprint density at radius 3 is 1.10 bits per heavy atom. The third-order valence-corrected chi connectivity index (χ3v) is 0. The first kappa shape index (κ1) is 22.4. The first-order chi connectivity index (χ1) is 3.46. The van der Waals surface area contributed by atoms with Crippen molar-refractivity contribution in [3.05, 3.63) is 0 Å². The molecule has 62 valence electrons. The molecule has 0 aromatic heterocycles. The van der Waals surface area contributed by atoms with Crippen LogP contribution in [0.15, 0.2) is 0 Å². The summed E-state index contributed by atoms with van der Waals surface area (Å²) in [7, 11) is 0. The van der Waals surface area contributed by atoms with E-state index in [4.69, 9.17) is 19.8 Å². The molecule has 2 N–H and O–H groups in total. The zero-order valence-corrected chi connectivity index (χ0v) is 8.93. The van der Waals surface area contributed by atoms with Gasteiger partial charge in [-0.2, -0.15) is 0 Å². The molecule has 0 aromatic carbocycles. The van der Waals surface area contributed by atoms with Crippen LogP contribution in [0.2, 0.25) is 0 Å². The van der Waals surface area contributed by atoms with E-state index in [1.54, 1.807) is 0 Å². The second-order valence-corrected chi connectivity index (χ2v) is 1.04. The van der Waals surface area contributed by atoms with Crippen LogP contribution in [0.4, 0.5) is 0 Å². The average molecular weight is 221 g/mol. The molecule has 0 fully saturated rings. The Balaban J connectivity index is -0.0000000112. The van der Waals surface area contributed by atoms with Gasteiger partial charge in [0.05, 0.1) is 0 Å². The van der Waals surface area contributed by atoms with Crippen molar-refractivity contribution < 1.29 is 39.1 Å². The fraction of sp³-hybridized carbons (Fsp3) is 0.500. The topological polar surface area (TPSA) is 74.6 Å². The molecule has 0 saturated heterocycles. The van der Waals surface area contributed by atoms with E-state index in [2.05, 4.69) is 0 Å². The van der Waals surface area contributed by atoms with Gasteiger partial charge < -0.3 is 13.1 Å². The van der Waals surface area contributed by atoms with Crippen molar-refractivity contribution in [3.8, 4) is 0 Å². The zero-order valence-electron chi connectivity index (χ0n) is 7.73. The molecular formula is C4H10CaNiO4. The Labute approximate surface area is 102 Å². The van der Waals surface area contributed by atoms with E-state index < -0.39 is 11.9 Å². The average Bonchev–Trinajstić information content (AvgIpc) is 1.25. The van der Waals surface area contributed by atoms with Crippen LogP contribution in [0.3, 0.4) is 0 Å². The summed E-state index contributed by atoms with van der Waals surface area (Å²) >= 11 is 0. The number of rotatable bonds is 0. The number of hydrogen-bond donors (Lipinski definition) is 2. The summed E-state index contributed by atoms with van der Waals surface area (Å²) in [5, 5.41) is 14.8. The van der Waals surface area contributed by atoms with Crippen molar-refractivity contribution in [2.75, 3.05) is 0 Å². The van der Waals surface area contributed by atoms with Crippen LogP contribution in [0.25, 0.3) is 0 Å². The largest absolute Gasteiger partial charge is 2.00 e. The first-order valence-electron chi connectivity index (χ1n) is 1.86. The molecular weight excluding hydrogens is 211 g/mol. The smallest absolute Gasteiger partial charge is 1.00 e. The Hall–Kier alpha value is 0.693. The molecule has 10 heavy (non-hydrogen) atoms. The summed E-state index contributed by atoms with van der Waals surface area (Å²) in [5.41, 5.74) is 0. The number of carbonyl (C=O) groups is 2. The molecule has 0 bridgehead atoms. The molecule has 0 rings (SSSR count). The third-order valence-electron chi connectivity index (χ3n) is 0. The minimum absolute atomic E-state index is 0. The minimum Gasteiger partial charge on any atom is -1.00 e. The van der Waals surface area contributed by atoms with Crippen molar-refractivity contribution in [1.82, 2.24) is 0 Å². The van der Waals surface area contributed by atoms with Gasteiger partial charge in [0.1, 0.15) is 0 Å². The van der Waals surface area contributed by atoms with Crippen molar-refractivity contribution in [2.24, 2.45) is 0 Å². The van der Waals surface area contributed by atoms with E-state index in [0.717, 1.165) is 13.8 Å². The number of aliphatic carboxylic acids is 2. The summed E-state index contributed by atoms with van der Waals surface area (Å²) in [6, 6.07) is 0. The fourth-order valence-electron chi connectivity index (χ4n) is 0. The molecule has 0 radical (unpaired) electrons. The van der Waals surface area contributed by atoms with E-state index in [1.807, 2.05) is 0 Å². The maximum absolute atomic E-state index is 9.00. The minimum atomic E-state index is -0.833. The first-order valence-corrected chi connectivity index (χ1v) is 1.86. The monoisotopic (exact) mass is 220 g/mol. The molecule has 0 aliphatic heterocycles. The van der Waals surface area contributed by atoms with Crippen molar-refractivity contribution in [2.45, 2.75) is 13.8 Å². The molecule has 4 nitrogen and oxygen atoms in total. The fourth-order valence-corrected chi connectivity index (χ4v) is 0. The molecule has 0 saturated carbocycles. The zero-order chi connectivity index (χ0) is 7.15. The van der Waals surface area contributed by atoms with Gasteiger partial charge in [-0.05, 0) is 0 Å². The molecule has 0 unspecified atom stereocenters. The standard InChI is InChI=1S/2C2H4O2.Ca.Ni.2H/c2*1-2(3)4;;;;/h2*1H3,(H,3,4);;;;/q;;+2;;2*-1. The van der Waals surface area contributed by atoms with E-state index >= 15 is 0 Å². The van der Waals surface area contributed by atoms with Crippen LogP contribution in [0, 0.1) is 0 Å². The number of hydrogen-bond acceptors (Lipinski definition) is 2. The van der Waals surface area contributed by atoms with Crippen LogP contribution in [0.5, 0.6) is 0 Å². The molecule has 0 heterocycles. The molecule has 0 aromatic rings. The normalized spacial score (nSPS) is 5.00. The predicted molar refractivity (Wildman–Crippen MR) is 34.6 cm³/mol. The van der Waals surface area contributed by atoms with Gasteiger partial charge in [-0.3, -0.25) is 9.59 Å². The van der Waals surface area contributed by atoms with Crippen LogP contribution in [-0.2, 0) is 26.1 Å². The van der Waals surface area contributed by atoms with Gasteiger partial charge in [-0.15, -0.1) is 0 Å². The van der Waals surface area contributed by atoms with Crippen LogP contribution in [-0.4, -0.2) is 59.9 Å². The van der Waals surface area contributed by atoms with Crippen molar-refractivity contribution in [1.29, 1.82) is 0 Å². The van der Waals surface area contributed by atoms with E-state index in [0.29, 0.717) is 0 Å². The van der Waals surface area contributed by atoms with Gasteiger partial charge in [-0.25, -0.2) is 0 Å². The molecule has 0 aliphatic carbocycles. The molecule has 0 amide bonds. The Morgan fingerprint density at radius 2 is 1.10 bits per heavy atom. The Kier molecular flexibility index (Phi) is 36.7. The van der Waals surface area contributed by atoms with Gasteiger partial charge in [0.25, 0.3) is 11.9 Å². The Bertz CT molecular complexity index is 83.1. The summed E-state index contributed by atoms with van der Waals surface area (Å²) in [4.78, 5) is 18.0. The van der Waals surface area contributed by atoms with Crippen LogP contribution < -0.4 is 0 Å². The SMILES string of the molecule is CC(=O)O.CC(=O)O.[Ca+2].[H-].[H-].[Ni]. The number of carboxylic acid groups (broad SMARTS) is 2. The third kappa shape index (κ3) is 1070. The van der Waals surface area contributed by atoms with Gasteiger partial charge in [0.2, 0.25) is 0 Å². The molecule has 0 atom stereocenters.